The number of furan rings is 1. The summed E-state index contributed by atoms with van der Waals surface area (Å²) in [5.41, 5.74) is 1.10. The number of allylic oxidation sites excluding steroid dienone is 1. The summed E-state index contributed by atoms with van der Waals surface area (Å²) in [6.07, 6.45) is 1.36. The van der Waals surface area contributed by atoms with E-state index in [4.69, 9.17) is 19.7 Å². The van der Waals surface area contributed by atoms with Crippen LogP contribution in [0.4, 0.5) is 0 Å². The van der Waals surface area contributed by atoms with Crippen LogP contribution >= 0.6 is 0 Å². The predicted octanol–water partition coefficient (Wildman–Crippen LogP) is 3.55. The number of rotatable bonds is 4. The van der Waals surface area contributed by atoms with Crippen molar-refractivity contribution in [2.45, 2.75) is 6.92 Å². The highest BCUT2D eigenvalue weighted by atomic mass is 16.5. The Balaban J connectivity index is 2.31. The first kappa shape index (κ1) is 15.1. The van der Waals surface area contributed by atoms with Gasteiger partial charge in [-0.3, -0.25) is 0 Å². The Hall–Kier alpha value is -3.31. The summed E-state index contributed by atoms with van der Waals surface area (Å²) in [6, 6.07) is 13.8. The molecule has 5 heteroatoms. The van der Waals surface area contributed by atoms with E-state index in [1.54, 1.807) is 55.5 Å². The summed E-state index contributed by atoms with van der Waals surface area (Å²) in [5.74, 6) is 0.537. The standard InChI is InChI=1S/C17H12N2O3/c1-2-21-17(20)14-5-3-4-13(9-14)16-7-6-15(22-16)8-12(10-18)11-19/h3-9H,2H2,1H3. The van der Waals surface area contributed by atoms with E-state index in [0.717, 1.165) is 0 Å². The normalized spacial score (nSPS) is 9.41. The number of nitrogens with zero attached hydrogens (tertiary/aromatic N) is 2. The third-order valence-electron chi connectivity index (χ3n) is 2.81. The first-order valence-corrected chi connectivity index (χ1v) is 6.57. The highest BCUT2D eigenvalue weighted by Gasteiger charge is 2.10. The quantitative estimate of drug-likeness (QED) is 0.635. The monoisotopic (exact) mass is 292 g/mol. The second kappa shape index (κ2) is 6.92. The van der Waals surface area contributed by atoms with Gasteiger partial charge in [-0.25, -0.2) is 4.79 Å². The van der Waals surface area contributed by atoms with E-state index in [2.05, 4.69) is 0 Å². The zero-order valence-corrected chi connectivity index (χ0v) is 11.9. The van der Waals surface area contributed by atoms with Gasteiger partial charge >= 0.3 is 5.97 Å². The maximum absolute atomic E-state index is 11.7. The third kappa shape index (κ3) is 3.41. The number of ether oxygens (including phenoxy) is 1. The first-order valence-electron chi connectivity index (χ1n) is 6.57. The van der Waals surface area contributed by atoms with Crippen LogP contribution in [-0.2, 0) is 4.74 Å². The maximum Gasteiger partial charge on any atom is 0.338 e. The Morgan fingerprint density at radius 3 is 2.73 bits per heavy atom. The maximum atomic E-state index is 11.7. The summed E-state index contributed by atoms with van der Waals surface area (Å²) >= 11 is 0. The van der Waals surface area contributed by atoms with Gasteiger partial charge < -0.3 is 9.15 Å². The molecule has 1 aromatic heterocycles. The van der Waals surface area contributed by atoms with E-state index in [1.165, 1.54) is 6.08 Å². The molecule has 0 fully saturated rings. The molecular weight excluding hydrogens is 280 g/mol. The van der Waals surface area contributed by atoms with Gasteiger partial charge in [-0.2, -0.15) is 10.5 Å². The lowest BCUT2D eigenvalue weighted by Gasteiger charge is -2.03. The highest BCUT2D eigenvalue weighted by Crippen LogP contribution is 2.24. The summed E-state index contributed by atoms with van der Waals surface area (Å²) in [4.78, 5) is 11.7. The molecule has 108 valence electrons. The molecule has 0 aliphatic carbocycles. The van der Waals surface area contributed by atoms with Gasteiger partial charge in [0, 0.05) is 11.6 Å². The van der Waals surface area contributed by atoms with Crippen LogP contribution in [0.25, 0.3) is 17.4 Å². The van der Waals surface area contributed by atoms with Crippen molar-refractivity contribution in [1.29, 1.82) is 10.5 Å². The van der Waals surface area contributed by atoms with Crippen molar-refractivity contribution in [2.24, 2.45) is 0 Å². The van der Waals surface area contributed by atoms with Gasteiger partial charge in [0.25, 0.3) is 0 Å². The molecule has 1 heterocycles. The van der Waals surface area contributed by atoms with Gasteiger partial charge in [-0.15, -0.1) is 0 Å². The Bertz CT molecular complexity index is 788. The molecule has 0 amide bonds. The predicted molar refractivity (Wildman–Crippen MR) is 79.3 cm³/mol. The third-order valence-corrected chi connectivity index (χ3v) is 2.81. The molecule has 5 nitrogen and oxygen atoms in total. The Kier molecular flexibility index (Phi) is 4.74. The van der Waals surface area contributed by atoms with Crippen molar-refractivity contribution < 1.29 is 13.9 Å². The van der Waals surface area contributed by atoms with Crippen LogP contribution in [0.3, 0.4) is 0 Å². The lowest BCUT2D eigenvalue weighted by Crippen LogP contribution is -2.04. The highest BCUT2D eigenvalue weighted by molar-refractivity contribution is 5.90. The molecule has 0 aliphatic rings. The second-order valence-corrected chi connectivity index (χ2v) is 4.28. The molecule has 0 bridgehead atoms. The van der Waals surface area contributed by atoms with Gasteiger partial charge in [0.05, 0.1) is 12.2 Å². The van der Waals surface area contributed by atoms with Crippen LogP contribution in [0.1, 0.15) is 23.0 Å². The van der Waals surface area contributed by atoms with Crippen LogP contribution in [0.5, 0.6) is 0 Å². The van der Waals surface area contributed by atoms with Gasteiger partial charge in [-0.1, -0.05) is 12.1 Å². The Morgan fingerprint density at radius 2 is 2.05 bits per heavy atom. The van der Waals surface area contributed by atoms with Crippen molar-refractivity contribution in [2.75, 3.05) is 6.61 Å². The largest absolute Gasteiger partial charge is 0.462 e. The van der Waals surface area contributed by atoms with Crippen molar-refractivity contribution in [3.63, 3.8) is 0 Å². The number of carbonyl (C=O) groups excluding carboxylic acids is 1. The van der Waals surface area contributed by atoms with Crippen molar-refractivity contribution in [3.8, 4) is 23.5 Å². The topological polar surface area (TPSA) is 87.0 Å². The van der Waals surface area contributed by atoms with Crippen LogP contribution < -0.4 is 0 Å². The molecule has 0 unspecified atom stereocenters. The Morgan fingerprint density at radius 1 is 1.27 bits per heavy atom. The fraction of sp³-hybridized carbons (Fsp3) is 0.118. The van der Waals surface area contributed by atoms with Gasteiger partial charge in [0.2, 0.25) is 0 Å². The van der Waals surface area contributed by atoms with E-state index in [-0.39, 0.29) is 5.57 Å². The van der Waals surface area contributed by atoms with Crippen LogP contribution in [0.2, 0.25) is 0 Å². The van der Waals surface area contributed by atoms with Gasteiger partial charge in [0.1, 0.15) is 29.2 Å². The molecule has 22 heavy (non-hydrogen) atoms. The second-order valence-electron chi connectivity index (χ2n) is 4.28. The molecule has 0 radical (unpaired) electrons. The summed E-state index contributed by atoms with van der Waals surface area (Å²) in [7, 11) is 0. The number of hydrogen-bond acceptors (Lipinski definition) is 5. The van der Waals surface area contributed by atoms with Gasteiger partial charge in [0.15, 0.2) is 0 Å². The van der Waals surface area contributed by atoms with E-state index in [1.807, 2.05) is 0 Å². The van der Waals surface area contributed by atoms with E-state index in [9.17, 15) is 4.79 Å². The van der Waals surface area contributed by atoms with Gasteiger partial charge in [-0.05, 0) is 31.2 Å². The number of nitriles is 2. The zero-order valence-electron chi connectivity index (χ0n) is 11.9. The Labute approximate surface area is 127 Å². The molecule has 0 N–H and O–H groups in total. The van der Waals surface area contributed by atoms with Crippen LogP contribution in [0.15, 0.2) is 46.4 Å². The SMILES string of the molecule is CCOC(=O)c1cccc(-c2ccc(C=C(C#N)C#N)o2)c1. The molecule has 0 atom stereocenters. The number of benzene rings is 1. The molecular formula is C17H12N2O3. The summed E-state index contributed by atoms with van der Waals surface area (Å²) < 4.78 is 10.5. The molecule has 2 rings (SSSR count). The van der Waals surface area contributed by atoms with Crippen molar-refractivity contribution in [1.82, 2.24) is 0 Å². The van der Waals surface area contributed by atoms with Crippen LogP contribution in [0, 0.1) is 22.7 Å². The lowest BCUT2D eigenvalue weighted by atomic mass is 10.1. The average Bonchev–Trinajstić information content (AvgIpc) is 3.01. The van der Waals surface area contributed by atoms with Crippen molar-refractivity contribution >= 4 is 12.0 Å². The molecule has 1 aromatic carbocycles. The fourth-order valence-electron chi connectivity index (χ4n) is 1.83. The molecule has 0 spiro atoms. The number of hydrogen-bond donors (Lipinski definition) is 0. The molecule has 2 aromatic rings. The van der Waals surface area contributed by atoms with E-state index >= 15 is 0 Å². The first-order chi connectivity index (χ1) is 10.7. The molecule has 0 saturated carbocycles. The minimum atomic E-state index is -0.396. The fourth-order valence-corrected chi connectivity index (χ4v) is 1.83. The van der Waals surface area contributed by atoms with E-state index in [0.29, 0.717) is 29.3 Å². The van der Waals surface area contributed by atoms with Crippen molar-refractivity contribution in [3.05, 3.63) is 53.3 Å². The lowest BCUT2D eigenvalue weighted by molar-refractivity contribution is 0.0526. The minimum Gasteiger partial charge on any atom is -0.462 e. The number of esters is 1. The summed E-state index contributed by atoms with van der Waals surface area (Å²) in [6.45, 7) is 2.05. The smallest absolute Gasteiger partial charge is 0.338 e. The number of carbonyl (C=O) groups is 1. The zero-order chi connectivity index (χ0) is 15.9. The van der Waals surface area contributed by atoms with E-state index < -0.39 is 5.97 Å². The van der Waals surface area contributed by atoms with Crippen LogP contribution in [-0.4, -0.2) is 12.6 Å². The molecule has 0 saturated heterocycles. The summed E-state index contributed by atoms with van der Waals surface area (Å²) in [5, 5.41) is 17.5. The average molecular weight is 292 g/mol. The minimum absolute atomic E-state index is 0.0406. The molecule has 0 aliphatic heterocycles.